The molecule has 8 heteroatoms. The van der Waals surface area contributed by atoms with Crippen molar-refractivity contribution in [2.45, 2.75) is 6.18 Å². The predicted octanol–water partition coefficient (Wildman–Crippen LogP) is 0.874. The van der Waals surface area contributed by atoms with Crippen molar-refractivity contribution in [3.63, 3.8) is 0 Å². The second-order valence-electron chi connectivity index (χ2n) is 2.79. The zero-order chi connectivity index (χ0) is 12.3. The molecule has 1 rings (SSSR count). The van der Waals surface area contributed by atoms with Crippen LogP contribution >= 0.6 is 0 Å². The number of hydrogen-bond donors (Lipinski definition) is 3. The zero-order valence-electron chi connectivity index (χ0n) is 7.85. The normalized spacial score (nSPS) is 13.3. The summed E-state index contributed by atoms with van der Waals surface area (Å²) in [6.07, 6.45) is -2.91. The first kappa shape index (κ1) is 12.2. The van der Waals surface area contributed by atoms with Crippen LogP contribution in [0.3, 0.4) is 0 Å². The van der Waals surface area contributed by atoms with Crippen molar-refractivity contribution in [2.24, 2.45) is 11.6 Å². The molecule has 0 aliphatic heterocycles. The molecule has 0 saturated heterocycles. The highest BCUT2D eigenvalue weighted by molar-refractivity contribution is 5.66. The summed E-state index contributed by atoms with van der Waals surface area (Å²) in [5.41, 5.74) is 3.95. The lowest BCUT2D eigenvalue weighted by atomic mass is 10.1. The van der Waals surface area contributed by atoms with Gasteiger partial charge in [-0.05, 0) is 6.07 Å². The maximum Gasteiger partial charge on any atom is 0.434 e. The Morgan fingerprint density at radius 1 is 1.38 bits per heavy atom. The van der Waals surface area contributed by atoms with E-state index in [4.69, 9.17) is 11.6 Å². The van der Waals surface area contributed by atoms with E-state index in [2.05, 4.69) is 4.98 Å². The lowest BCUT2D eigenvalue weighted by molar-refractivity contribution is -0.0961. The number of alkyl halides is 3. The van der Waals surface area contributed by atoms with Crippen molar-refractivity contribution in [2.75, 3.05) is 0 Å². The highest BCUT2D eigenvalue weighted by Crippen LogP contribution is 2.28. The van der Waals surface area contributed by atoms with E-state index >= 15 is 0 Å². The van der Waals surface area contributed by atoms with E-state index in [9.17, 15) is 17.6 Å². The molecule has 0 amide bonds. The second kappa shape index (κ2) is 4.35. The van der Waals surface area contributed by atoms with Gasteiger partial charge in [0.2, 0.25) is 0 Å². The number of aromatic nitrogens is 1. The molecule has 0 unspecified atom stereocenters. The van der Waals surface area contributed by atoms with Gasteiger partial charge in [0.05, 0.1) is 11.9 Å². The third-order valence-corrected chi connectivity index (χ3v) is 1.76. The van der Waals surface area contributed by atoms with Crippen molar-refractivity contribution >= 4 is 5.70 Å². The summed E-state index contributed by atoms with van der Waals surface area (Å²) in [5.74, 6) is 3.74. The zero-order valence-corrected chi connectivity index (χ0v) is 7.85. The van der Waals surface area contributed by atoms with E-state index in [1.807, 2.05) is 0 Å². The molecule has 4 nitrogen and oxygen atoms in total. The Kier molecular flexibility index (Phi) is 3.33. The minimum atomic E-state index is -4.78. The number of hydrazine groups is 1. The van der Waals surface area contributed by atoms with Gasteiger partial charge in [0.1, 0.15) is 0 Å². The Labute approximate surface area is 87.9 Å². The van der Waals surface area contributed by atoms with E-state index < -0.39 is 29.0 Å². The average molecular weight is 236 g/mol. The van der Waals surface area contributed by atoms with Crippen molar-refractivity contribution in [1.82, 2.24) is 10.4 Å². The van der Waals surface area contributed by atoms with Gasteiger partial charge in [0.25, 0.3) is 0 Å². The van der Waals surface area contributed by atoms with Crippen LogP contribution in [0.25, 0.3) is 5.70 Å². The SMILES string of the molecule is NN/C(=C(\N)c1ccncc1F)C(F)(F)F. The molecule has 1 heterocycles. The van der Waals surface area contributed by atoms with E-state index in [1.54, 1.807) is 0 Å². The monoisotopic (exact) mass is 236 g/mol. The average Bonchev–Trinajstić information content (AvgIpc) is 2.17. The van der Waals surface area contributed by atoms with Gasteiger partial charge in [-0.3, -0.25) is 10.8 Å². The molecule has 0 aliphatic rings. The van der Waals surface area contributed by atoms with Crippen LogP contribution in [0.1, 0.15) is 5.56 Å². The summed E-state index contributed by atoms with van der Waals surface area (Å²) >= 11 is 0. The fraction of sp³-hybridized carbons (Fsp3) is 0.125. The third kappa shape index (κ3) is 2.40. The van der Waals surface area contributed by atoms with Gasteiger partial charge in [-0.2, -0.15) is 13.2 Å². The summed E-state index contributed by atoms with van der Waals surface area (Å²) in [5, 5.41) is 0. The lowest BCUT2D eigenvalue weighted by Crippen LogP contribution is -2.34. The van der Waals surface area contributed by atoms with Crippen LogP contribution in [0.5, 0.6) is 0 Å². The van der Waals surface area contributed by atoms with Gasteiger partial charge < -0.3 is 11.2 Å². The number of pyridine rings is 1. The van der Waals surface area contributed by atoms with Crippen molar-refractivity contribution in [3.05, 3.63) is 35.5 Å². The molecule has 0 saturated carbocycles. The first-order valence-electron chi connectivity index (χ1n) is 4.01. The minimum absolute atomic E-state index is 0.416. The quantitative estimate of drug-likeness (QED) is 0.404. The number of nitrogens with two attached hydrogens (primary N) is 2. The molecular formula is C8H8F4N4. The number of halogens is 4. The van der Waals surface area contributed by atoms with Gasteiger partial charge in [-0.15, -0.1) is 0 Å². The van der Waals surface area contributed by atoms with Crippen LogP contribution in [-0.2, 0) is 0 Å². The van der Waals surface area contributed by atoms with Gasteiger partial charge in [0, 0.05) is 11.8 Å². The minimum Gasteiger partial charge on any atom is -0.396 e. The molecule has 16 heavy (non-hydrogen) atoms. The Morgan fingerprint density at radius 2 is 2.00 bits per heavy atom. The number of nitrogens with one attached hydrogen (secondary N) is 1. The van der Waals surface area contributed by atoms with E-state index in [1.165, 1.54) is 5.43 Å². The maximum absolute atomic E-state index is 13.1. The van der Waals surface area contributed by atoms with Gasteiger partial charge in [-0.25, -0.2) is 4.39 Å². The molecule has 1 aromatic heterocycles. The standard InChI is InChI=1S/C8H8F4N4/c9-5-3-15-2-1-4(5)6(13)7(16-14)8(10,11)12/h1-3,16H,13-14H2/b7-6-. The summed E-state index contributed by atoms with van der Waals surface area (Å²) in [4.78, 5) is 3.39. The van der Waals surface area contributed by atoms with E-state index in [0.717, 1.165) is 18.5 Å². The molecular weight excluding hydrogens is 228 g/mol. The number of hydrogen-bond acceptors (Lipinski definition) is 4. The van der Waals surface area contributed by atoms with Crippen LogP contribution in [0.2, 0.25) is 0 Å². The number of allylic oxidation sites excluding steroid dienone is 1. The summed E-state index contributed by atoms with van der Waals surface area (Å²) < 4.78 is 50.2. The molecule has 0 atom stereocenters. The highest BCUT2D eigenvalue weighted by atomic mass is 19.4. The van der Waals surface area contributed by atoms with Gasteiger partial charge in [-0.1, -0.05) is 0 Å². The summed E-state index contributed by atoms with van der Waals surface area (Å²) in [6.45, 7) is 0. The second-order valence-corrected chi connectivity index (χ2v) is 2.79. The molecule has 5 N–H and O–H groups in total. The number of nitrogens with zero attached hydrogens (tertiary/aromatic N) is 1. The Hall–Kier alpha value is -1.83. The molecule has 0 bridgehead atoms. The summed E-state index contributed by atoms with van der Waals surface area (Å²) in [6, 6.07) is 1.02. The van der Waals surface area contributed by atoms with Crippen LogP contribution in [-0.4, -0.2) is 11.2 Å². The molecule has 0 fully saturated rings. The molecule has 88 valence electrons. The largest absolute Gasteiger partial charge is 0.434 e. The van der Waals surface area contributed by atoms with Gasteiger partial charge >= 0.3 is 6.18 Å². The Morgan fingerprint density at radius 3 is 2.44 bits per heavy atom. The molecule has 0 spiro atoms. The number of rotatable bonds is 2. The van der Waals surface area contributed by atoms with E-state index in [0.29, 0.717) is 0 Å². The molecule has 0 aliphatic carbocycles. The Balaban J connectivity index is 3.32. The van der Waals surface area contributed by atoms with E-state index in [-0.39, 0.29) is 0 Å². The third-order valence-electron chi connectivity index (χ3n) is 1.76. The fourth-order valence-electron chi connectivity index (χ4n) is 1.04. The molecule has 0 aromatic carbocycles. The summed E-state index contributed by atoms with van der Waals surface area (Å²) in [7, 11) is 0. The molecule has 1 aromatic rings. The maximum atomic E-state index is 13.1. The fourth-order valence-corrected chi connectivity index (χ4v) is 1.04. The first-order valence-corrected chi connectivity index (χ1v) is 4.01. The lowest BCUT2D eigenvalue weighted by Gasteiger charge is -2.14. The first-order chi connectivity index (χ1) is 7.38. The van der Waals surface area contributed by atoms with Crippen LogP contribution < -0.4 is 17.0 Å². The Bertz CT molecular complexity index is 413. The topological polar surface area (TPSA) is 77.0 Å². The van der Waals surface area contributed by atoms with Gasteiger partial charge in [0.15, 0.2) is 11.5 Å². The predicted molar refractivity (Wildman–Crippen MR) is 48.7 cm³/mol. The van der Waals surface area contributed by atoms with Crippen molar-refractivity contribution in [3.8, 4) is 0 Å². The smallest absolute Gasteiger partial charge is 0.396 e. The van der Waals surface area contributed by atoms with Crippen molar-refractivity contribution < 1.29 is 17.6 Å². The van der Waals surface area contributed by atoms with Crippen LogP contribution in [0.15, 0.2) is 24.2 Å². The van der Waals surface area contributed by atoms with Crippen LogP contribution in [0, 0.1) is 5.82 Å². The molecule has 0 radical (unpaired) electrons. The van der Waals surface area contributed by atoms with Crippen LogP contribution in [0.4, 0.5) is 17.6 Å². The van der Waals surface area contributed by atoms with Crippen molar-refractivity contribution in [1.29, 1.82) is 0 Å². The highest BCUT2D eigenvalue weighted by Gasteiger charge is 2.36.